The highest BCUT2D eigenvalue weighted by Crippen LogP contribution is 2.10. The Morgan fingerprint density at radius 3 is 2.75 bits per heavy atom. The molecule has 0 aliphatic rings. The maximum absolute atomic E-state index is 11.5. The molecule has 6 heteroatoms. The molecule has 1 amide bonds. The Morgan fingerprint density at radius 1 is 1.25 bits per heavy atom. The minimum atomic E-state index is -0.0672. The number of aryl methyl sites for hydroxylation is 1. The molecule has 0 aliphatic carbocycles. The van der Waals surface area contributed by atoms with Gasteiger partial charge in [-0.2, -0.15) is 0 Å². The molecule has 0 saturated carbocycles. The second-order valence-electron chi connectivity index (χ2n) is 3.05. The molecule has 0 unspecified atom stereocenters. The van der Waals surface area contributed by atoms with Crippen LogP contribution in [0.5, 0.6) is 0 Å². The quantitative estimate of drug-likeness (QED) is 0.870. The predicted octanol–water partition coefficient (Wildman–Crippen LogP) is 1.50. The van der Waals surface area contributed by atoms with Crippen molar-refractivity contribution in [2.75, 3.05) is 5.32 Å². The van der Waals surface area contributed by atoms with E-state index in [1.165, 1.54) is 11.3 Å². The molecule has 0 bridgehead atoms. The van der Waals surface area contributed by atoms with Gasteiger partial charge in [0.25, 0.3) is 0 Å². The van der Waals surface area contributed by atoms with Crippen LogP contribution < -0.4 is 5.32 Å². The normalized spacial score (nSPS) is 10.0. The molecule has 0 aliphatic heterocycles. The van der Waals surface area contributed by atoms with Gasteiger partial charge in [0, 0.05) is 36.8 Å². The first-order valence-corrected chi connectivity index (χ1v) is 5.68. The van der Waals surface area contributed by atoms with E-state index < -0.39 is 0 Å². The van der Waals surface area contributed by atoms with Crippen LogP contribution in [0.15, 0.2) is 30.0 Å². The van der Waals surface area contributed by atoms with E-state index in [9.17, 15) is 4.79 Å². The third kappa shape index (κ3) is 3.09. The molecule has 16 heavy (non-hydrogen) atoms. The number of thiazole rings is 1. The van der Waals surface area contributed by atoms with Crippen LogP contribution in [0.2, 0.25) is 0 Å². The van der Waals surface area contributed by atoms with Gasteiger partial charge in [-0.15, -0.1) is 11.3 Å². The van der Waals surface area contributed by atoms with E-state index in [2.05, 4.69) is 20.3 Å². The highest BCUT2D eigenvalue weighted by Gasteiger charge is 2.05. The summed E-state index contributed by atoms with van der Waals surface area (Å²) in [5.74, 6) is 0.610. The van der Waals surface area contributed by atoms with Gasteiger partial charge in [-0.1, -0.05) is 0 Å². The van der Waals surface area contributed by atoms with Gasteiger partial charge in [0.05, 0.1) is 0 Å². The number of carbonyl (C=O) groups is 1. The fourth-order valence-electron chi connectivity index (χ4n) is 1.15. The van der Waals surface area contributed by atoms with Gasteiger partial charge in [-0.25, -0.2) is 15.0 Å². The molecule has 0 saturated heterocycles. The Bertz CT molecular complexity index is 443. The molecule has 2 heterocycles. The van der Waals surface area contributed by atoms with Crippen LogP contribution in [0.25, 0.3) is 0 Å². The lowest BCUT2D eigenvalue weighted by Gasteiger charge is -2.00. The fraction of sp³-hybridized carbons (Fsp3) is 0.200. The number of hydrogen-bond acceptors (Lipinski definition) is 5. The number of hydrogen-bond donors (Lipinski definition) is 1. The first-order valence-electron chi connectivity index (χ1n) is 4.80. The Morgan fingerprint density at radius 2 is 2.06 bits per heavy atom. The van der Waals surface area contributed by atoms with E-state index >= 15 is 0 Å². The molecular weight excluding hydrogens is 224 g/mol. The summed E-state index contributed by atoms with van der Waals surface area (Å²) in [5, 5.41) is 5.14. The molecular formula is C10H10N4OS. The number of nitrogens with one attached hydrogen (secondary N) is 1. The van der Waals surface area contributed by atoms with Crippen molar-refractivity contribution >= 4 is 22.4 Å². The van der Waals surface area contributed by atoms with Crippen molar-refractivity contribution in [1.82, 2.24) is 15.0 Å². The van der Waals surface area contributed by atoms with Crippen molar-refractivity contribution in [3.8, 4) is 0 Å². The molecule has 82 valence electrons. The SMILES string of the molecule is O=C(CCc1ncccn1)Nc1nccs1. The van der Waals surface area contributed by atoms with E-state index in [0.717, 1.165) is 0 Å². The number of amides is 1. The molecule has 0 fully saturated rings. The van der Waals surface area contributed by atoms with E-state index in [4.69, 9.17) is 0 Å². The summed E-state index contributed by atoms with van der Waals surface area (Å²) < 4.78 is 0. The topological polar surface area (TPSA) is 67.8 Å². The lowest BCUT2D eigenvalue weighted by molar-refractivity contribution is -0.116. The molecule has 2 aromatic rings. The Balaban J connectivity index is 1.80. The number of carbonyl (C=O) groups excluding carboxylic acids is 1. The van der Waals surface area contributed by atoms with Crippen molar-refractivity contribution in [3.63, 3.8) is 0 Å². The fourth-order valence-corrected chi connectivity index (χ4v) is 1.70. The van der Waals surface area contributed by atoms with Crippen LogP contribution in [0, 0.1) is 0 Å². The molecule has 1 N–H and O–H groups in total. The van der Waals surface area contributed by atoms with Gasteiger partial charge in [0.2, 0.25) is 5.91 Å². The summed E-state index contributed by atoms with van der Waals surface area (Å²) in [5.41, 5.74) is 0. The zero-order valence-corrected chi connectivity index (χ0v) is 9.28. The second-order valence-corrected chi connectivity index (χ2v) is 3.95. The Kier molecular flexibility index (Phi) is 3.55. The largest absolute Gasteiger partial charge is 0.302 e. The lowest BCUT2D eigenvalue weighted by Crippen LogP contribution is -2.12. The van der Waals surface area contributed by atoms with Gasteiger partial charge < -0.3 is 5.32 Å². The molecule has 0 radical (unpaired) electrons. The molecule has 0 atom stereocenters. The number of nitrogens with zero attached hydrogens (tertiary/aromatic N) is 3. The maximum atomic E-state index is 11.5. The Labute approximate surface area is 96.6 Å². The van der Waals surface area contributed by atoms with Gasteiger partial charge in [-0.3, -0.25) is 4.79 Å². The summed E-state index contributed by atoms with van der Waals surface area (Å²) in [6, 6.07) is 1.75. The third-order valence-electron chi connectivity index (χ3n) is 1.87. The van der Waals surface area contributed by atoms with E-state index in [-0.39, 0.29) is 5.91 Å². The maximum Gasteiger partial charge on any atom is 0.226 e. The number of anilines is 1. The van der Waals surface area contributed by atoms with Gasteiger partial charge in [-0.05, 0) is 6.07 Å². The summed E-state index contributed by atoms with van der Waals surface area (Å²) in [6.07, 6.45) is 5.89. The van der Waals surface area contributed by atoms with Crippen molar-refractivity contribution in [2.24, 2.45) is 0 Å². The van der Waals surface area contributed by atoms with Crippen LogP contribution >= 0.6 is 11.3 Å². The summed E-state index contributed by atoms with van der Waals surface area (Å²) >= 11 is 1.40. The van der Waals surface area contributed by atoms with Crippen LogP contribution in [0.1, 0.15) is 12.2 Å². The minimum absolute atomic E-state index is 0.0672. The van der Waals surface area contributed by atoms with Crippen LogP contribution in [0.3, 0.4) is 0 Å². The zero-order valence-electron chi connectivity index (χ0n) is 8.46. The number of rotatable bonds is 4. The molecule has 2 aromatic heterocycles. The molecule has 0 aromatic carbocycles. The van der Waals surface area contributed by atoms with Gasteiger partial charge in [0.15, 0.2) is 5.13 Å². The zero-order chi connectivity index (χ0) is 11.2. The lowest BCUT2D eigenvalue weighted by atomic mass is 10.3. The van der Waals surface area contributed by atoms with Crippen LogP contribution in [0.4, 0.5) is 5.13 Å². The third-order valence-corrected chi connectivity index (χ3v) is 2.56. The molecule has 0 spiro atoms. The highest BCUT2D eigenvalue weighted by atomic mass is 32.1. The van der Waals surface area contributed by atoms with Crippen molar-refractivity contribution in [2.45, 2.75) is 12.8 Å². The smallest absolute Gasteiger partial charge is 0.226 e. The van der Waals surface area contributed by atoms with E-state index in [0.29, 0.717) is 23.8 Å². The monoisotopic (exact) mass is 234 g/mol. The summed E-state index contributed by atoms with van der Waals surface area (Å²) in [6.45, 7) is 0. The average molecular weight is 234 g/mol. The van der Waals surface area contributed by atoms with Gasteiger partial charge >= 0.3 is 0 Å². The van der Waals surface area contributed by atoms with Crippen LogP contribution in [-0.2, 0) is 11.2 Å². The van der Waals surface area contributed by atoms with Gasteiger partial charge in [0.1, 0.15) is 5.82 Å². The van der Waals surface area contributed by atoms with Crippen molar-refractivity contribution < 1.29 is 4.79 Å². The Hall–Kier alpha value is -1.82. The first-order chi connectivity index (χ1) is 7.84. The van der Waals surface area contributed by atoms with Crippen LogP contribution in [-0.4, -0.2) is 20.9 Å². The standard InChI is InChI=1S/C10H10N4OS/c15-9(14-10-13-6-7-16-10)3-2-8-11-4-1-5-12-8/h1,4-7H,2-3H2,(H,13,14,15). The molecule has 2 rings (SSSR count). The second kappa shape index (κ2) is 5.32. The number of aromatic nitrogens is 3. The highest BCUT2D eigenvalue weighted by molar-refractivity contribution is 7.13. The van der Waals surface area contributed by atoms with E-state index in [1.807, 2.05) is 5.38 Å². The minimum Gasteiger partial charge on any atom is -0.302 e. The van der Waals surface area contributed by atoms with Crippen molar-refractivity contribution in [3.05, 3.63) is 35.9 Å². The van der Waals surface area contributed by atoms with Crippen molar-refractivity contribution in [1.29, 1.82) is 0 Å². The average Bonchev–Trinajstić information content (AvgIpc) is 2.81. The summed E-state index contributed by atoms with van der Waals surface area (Å²) in [4.78, 5) is 23.5. The molecule has 5 nitrogen and oxygen atoms in total. The predicted molar refractivity (Wildman–Crippen MR) is 61.1 cm³/mol. The van der Waals surface area contributed by atoms with E-state index in [1.54, 1.807) is 24.7 Å². The summed E-state index contributed by atoms with van der Waals surface area (Å²) in [7, 11) is 0. The first kappa shape index (κ1) is 10.7.